The quantitative estimate of drug-likeness (QED) is 0.850. The molecule has 21 heavy (non-hydrogen) atoms. The molecule has 0 amide bonds. The number of nitrogens with one attached hydrogen (secondary N) is 1. The minimum Gasteiger partial charge on any atom is -0.378 e. The van der Waals surface area contributed by atoms with Crippen LogP contribution in [0.15, 0.2) is 30.3 Å². The molecule has 3 aliphatic carbocycles. The molecule has 0 bridgehead atoms. The van der Waals surface area contributed by atoms with Gasteiger partial charge in [0, 0.05) is 24.1 Å². The Labute approximate surface area is 128 Å². The summed E-state index contributed by atoms with van der Waals surface area (Å²) in [6, 6.07) is 12.3. The Morgan fingerprint density at radius 1 is 1.24 bits per heavy atom. The van der Waals surface area contributed by atoms with E-state index in [1.54, 1.807) is 0 Å². The molecule has 0 saturated heterocycles. The van der Waals surface area contributed by atoms with Crippen LogP contribution in [0.3, 0.4) is 0 Å². The van der Waals surface area contributed by atoms with Gasteiger partial charge in [-0.1, -0.05) is 36.8 Å². The van der Waals surface area contributed by atoms with Gasteiger partial charge in [-0.15, -0.1) is 0 Å². The first kappa shape index (κ1) is 13.8. The number of ether oxygens (including phenoxy) is 1. The van der Waals surface area contributed by atoms with Crippen molar-refractivity contribution in [1.82, 2.24) is 5.32 Å². The van der Waals surface area contributed by atoms with Crippen LogP contribution in [0.25, 0.3) is 0 Å². The van der Waals surface area contributed by atoms with Crippen LogP contribution in [0.1, 0.15) is 57.1 Å². The lowest BCUT2D eigenvalue weighted by Gasteiger charge is -2.62. The number of benzene rings is 1. The molecule has 3 unspecified atom stereocenters. The predicted molar refractivity (Wildman–Crippen MR) is 85.1 cm³/mol. The summed E-state index contributed by atoms with van der Waals surface area (Å²) >= 11 is 0. The number of rotatable bonds is 6. The summed E-state index contributed by atoms with van der Waals surface area (Å²) in [5.74, 6) is 0.857. The molecule has 1 aromatic carbocycles. The van der Waals surface area contributed by atoms with Crippen LogP contribution >= 0.6 is 0 Å². The van der Waals surface area contributed by atoms with E-state index < -0.39 is 0 Å². The Kier molecular flexibility index (Phi) is 3.55. The van der Waals surface area contributed by atoms with E-state index in [0.717, 1.165) is 12.5 Å². The number of hydrogen-bond acceptors (Lipinski definition) is 2. The Bertz CT molecular complexity index is 478. The van der Waals surface area contributed by atoms with Gasteiger partial charge in [0.15, 0.2) is 0 Å². The molecular weight excluding hydrogens is 258 g/mol. The zero-order chi connectivity index (χ0) is 14.3. The molecule has 2 nitrogen and oxygen atoms in total. The highest BCUT2D eigenvalue weighted by Gasteiger charge is 2.59. The molecule has 3 aliphatic rings. The van der Waals surface area contributed by atoms with Crippen molar-refractivity contribution in [2.75, 3.05) is 6.61 Å². The lowest BCUT2D eigenvalue weighted by molar-refractivity contribution is -0.175. The van der Waals surface area contributed by atoms with Gasteiger partial charge in [-0.2, -0.15) is 0 Å². The van der Waals surface area contributed by atoms with Crippen LogP contribution in [0.2, 0.25) is 0 Å². The third-order valence-electron chi connectivity index (χ3n) is 6.07. The maximum atomic E-state index is 5.99. The highest BCUT2D eigenvalue weighted by atomic mass is 16.5. The van der Waals surface area contributed by atoms with E-state index in [-0.39, 0.29) is 0 Å². The lowest BCUT2D eigenvalue weighted by atomic mass is 9.51. The maximum Gasteiger partial charge on any atom is 0.0661 e. The first-order valence-electron chi connectivity index (χ1n) is 8.76. The minimum absolute atomic E-state index is 0.470. The van der Waals surface area contributed by atoms with Crippen molar-refractivity contribution in [3.8, 4) is 0 Å². The van der Waals surface area contributed by atoms with Crippen molar-refractivity contribution in [1.29, 1.82) is 0 Å². The van der Waals surface area contributed by atoms with Crippen molar-refractivity contribution in [3.05, 3.63) is 35.9 Å². The van der Waals surface area contributed by atoms with Crippen molar-refractivity contribution in [3.63, 3.8) is 0 Å². The standard InChI is InChI=1S/C19H27NO/c1-2-21-17-13-16(19(17)11-6-12-19)20-18(15-9-10-15)14-7-4-3-5-8-14/h3-5,7-8,15-18,20H,2,6,9-13H2,1H3. The molecule has 3 saturated carbocycles. The van der Waals surface area contributed by atoms with Crippen molar-refractivity contribution in [2.45, 2.75) is 63.6 Å². The van der Waals surface area contributed by atoms with Gasteiger partial charge >= 0.3 is 0 Å². The van der Waals surface area contributed by atoms with Crippen LogP contribution in [0.4, 0.5) is 0 Å². The fourth-order valence-electron chi connectivity index (χ4n) is 4.48. The second-order valence-electron chi connectivity index (χ2n) is 7.21. The fourth-order valence-corrected chi connectivity index (χ4v) is 4.48. The first-order chi connectivity index (χ1) is 10.3. The van der Waals surface area contributed by atoms with E-state index in [9.17, 15) is 0 Å². The molecule has 3 atom stereocenters. The smallest absolute Gasteiger partial charge is 0.0661 e. The van der Waals surface area contributed by atoms with Crippen LogP contribution < -0.4 is 5.32 Å². The zero-order valence-corrected chi connectivity index (χ0v) is 13.1. The lowest BCUT2D eigenvalue weighted by Crippen LogP contribution is -2.67. The summed E-state index contributed by atoms with van der Waals surface area (Å²) in [4.78, 5) is 0. The Balaban J connectivity index is 1.47. The molecule has 114 valence electrons. The Morgan fingerprint density at radius 2 is 2.00 bits per heavy atom. The number of hydrogen-bond donors (Lipinski definition) is 1. The van der Waals surface area contributed by atoms with E-state index >= 15 is 0 Å². The molecule has 4 rings (SSSR count). The van der Waals surface area contributed by atoms with Gasteiger partial charge in [0.1, 0.15) is 0 Å². The maximum absolute atomic E-state index is 5.99. The molecule has 1 N–H and O–H groups in total. The Morgan fingerprint density at radius 3 is 2.57 bits per heavy atom. The van der Waals surface area contributed by atoms with E-state index in [4.69, 9.17) is 4.74 Å². The molecule has 1 spiro atoms. The summed E-state index contributed by atoms with van der Waals surface area (Å²) < 4.78 is 5.99. The Hall–Kier alpha value is -0.860. The molecule has 3 fully saturated rings. The highest BCUT2D eigenvalue weighted by Crippen LogP contribution is 2.58. The average molecular weight is 285 g/mol. The summed E-state index contributed by atoms with van der Waals surface area (Å²) in [5.41, 5.74) is 1.95. The molecule has 0 aliphatic heterocycles. The third kappa shape index (κ3) is 2.33. The summed E-state index contributed by atoms with van der Waals surface area (Å²) in [6.45, 7) is 2.99. The zero-order valence-electron chi connectivity index (χ0n) is 13.1. The monoisotopic (exact) mass is 285 g/mol. The van der Waals surface area contributed by atoms with Gasteiger partial charge in [0.2, 0.25) is 0 Å². The molecular formula is C19H27NO. The largest absolute Gasteiger partial charge is 0.378 e. The van der Waals surface area contributed by atoms with E-state index in [2.05, 4.69) is 42.6 Å². The molecule has 0 radical (unpaired) electrons. The van der Waals surface area contributed by atoms with Gasteiger partial charge < -0.3 is 10.1 Å². The van der Waals surface area contributed by atoms with Gasteiger partial charge in [0.05, 0.1) is 6.10 Å². The fraction of sp³-hybridized carbons (Fsp3) is 0.684. The van der Waals surface area contributed by atoms with Gasteiger partial charge in [-0.25, -0.2) is 0 Å². The summed E-state index contributed by atoms with van der Waals surface area (Å²) in [7, 11) is 0. The van der Waals surface area contributed by atoms with Crippen LogP contribution in [0.5, 0.6) is 0 Å². The van der Waals surface area contributed by atoms with Crippen LogP contribution in [-0.4, -0.2) is 18.8 Å². The van der Waals surface area contributed by atoms with Gasteiger partial charge in [-0.05, 0) is 50.5 Å². The van der Waals surface area contributed by atoms with Crippen molar-refractivity contribution in [2.24, 2.45) is 11.3 Å². The molecule has 0 heterocycles. The van der Waals surface area contributed by atoms with Crippen LogP contribution in [-0.2, 0) is 4.74 Å². The van der Waals surface area contributed by atoms with Crippen LogP contribution in [0, 0.1) is 11.3 Å². The predicted octanol–water partition coefficient (Wildman–Crippen LogP) is 4.08. The minimum atomic E-state index is 0.470. The normalized spacial score (nSPS) is 31.5. The average Bonchev–Trinajstić information content (AvgIpc) is 3.26. The highest BCUT2D eigenvalue weighted by molar-refractivity contribution is 5.23. The molecule has 1 aromatic rings. The van der Waals surface area contributed by atoms with E-state index in [1.807, 2.05) is 0 Å². The van der Waals surface area contributed by atoms with Crippen molar-refractivity contribution >= 4 is 0 Å². The van der Waals surface area contributed by atoms with E-state index in [1.165, 1.54) is 44.1 Å². The first-order valence-corrected chi connectivity index (χ1v) is 8.76. The van der Waals surface area contributed by atoms with Gasteiger partial charge in [0.25, 0.3) is 0 Å². The second kappa shape index (κ2) is 5.40. The third-order valence-corrected chi connectivity index (χ3v) is 6.07. The molecule has 0 aromatic heterocycles. The summed E-state index contributed by atoms with van der Waals surface area (Å²) in [6.07, 6.45) is 8.63. The van der Waals surface area contributed by atoms with E-state index in [0.29, 0.717) is 23.6 Å². The topological polar surface area (TPSA) is 21.3 Å². The second-order valence-corrected chi connectivity index (χ2v) is 7.21. The molecule has 2 heteroatoms. The van der Waals surface area contributed by atoms with Gasteiger partial charge in [-0.3, -0.25) is 0 Å². The summed E-state index contributed by atoms with van der Waals surface area (Å²) in [5, 5.41) is 4.03. The van der Waals surface area contributed by atoms with Crippen molar-refractivity contribution < 1.29 is 4.74 Å². The SMILES string of the molecule is CCOC1CC(NC(c2ccccc2)C2CC2)C12CCC2.